The van der Waals surface area contributed by atoms with Crippen LogP contribution in [-0.2, 0) is 6.61 Å². The van der Waals surface area contributed by atoms with Crippen molar-refractivity contribution >= 4 is 11.6 Å². The maximum Gasteiger partial charge on any atom is 0.189 e. The Labute approximate surface area is 220 Å². The highest BCUT2D eigenvalue weighted by Crippen LogP contribution is 2.46. The third-order valence-electron chi connectivity index (χ3n) is 6.92. The molecule has 0 aromatic heterocycles. The van der Waals surface area contributed by atoms with E-state index in [-0.39, 0.29) is 41.4 Å². The molecule has 0 fully saturated rings. The highest BCUT2D eigenvalue weighted by Gasteiger charge is 2.34. The van der Waals surface area contributed by atoms with Gasteiger partial charge in [-0.25, -0.2) is 8.78 Å². The molecule has 2 atom stereocenters. The molecule has 0 saturated carbocycles. The Bertz CT molecular complexity index is 1520. The lowest BCUT2D eigenvalue weighted by atomic mass is 9.86. The fourth-order valence-corrected chi connectivity index (χ4v) is 4.99. The number of hydrogen-bond donors (Lipinski definition) is 0. The third kappa shape index (κ3) is 5.47. The van der Waals surface area contributed by atoms with E-state index in [1.165, 1.54) is 37.3 Å². The summed E-state index contributed by atoms with van der Waals surface area (Å²) < 4.78 is 33.8. The largest absolute Gasteiger partial charge is 0.489 e. The van der Waals surface area contributed by atoms with Crippen LogP contribution in [0.1, 0.15) is 62.6 Å². The van der Waals surface area contributed by atoms with E-state index in [1.54, 1.807) is 24.3 Å². The normalized spacial score (nSPS) is 16.7. The molecule has 5 rings (SSSR count). The first-order valence-electron chi connectivity index (χ1n) is 12.5. The Hall–Kier alpha value is -4.38. The summed E-state index contributed by atoms with van der Waals surface area (Å²) in [5.41, 5.74) is 4.05. The number of halogens is 2. The van der Waals surface area contributed by atoms with E-state index < -0.39 is 5.82 Å². The molecule has 0 bridgehead atoms. The van der Waals surface area contributed by atoms with Crippen LogP contribution in [-0.4, -0.2) is 11.6 Å². The smallest absolute Gasteiger partial charge is 0.189 e. The van der Waals surface area contributed by atoms with Crippen molar-refractivity contribution in [3.05, 3.63) is 148 Å². The van der Waals surface area contributed by atoms with Crippen LogP contribution in [0, 0.1) is 11.6 Å². The van der Waals surface area contributed by atoms with Gasteiger partial charge in [0.1, 0.15) is 24.0 Å². The molecule has 190 valence electrons. The first kappa shape index (κ1) is 25.3. The fourth-order valence-electron chi connectivity index (χ4n) is 4.99. The van der Waals surface area contributed by atoms with E-state index in [2.05, 4.69) is 0 Å². The summed E-state index contributed by atoms with van der Waals surface area (Å²) in [6.45, 7) is 1.78. The Morgan fingerprint density at radius 1 is 0.816 bits per heavy atom. The topological polar surface area (TPSA) is 43.4 Å². The van der Waals surface area contributed by atoms with Crippen molar-refractivity contribution in [2.45, 2.75) is 31.8 Å². The summed E-state index contributed by atoms with van der Waals surface area (Å²) in [5.74, 6) is -0.857. The molecule has 38 heavy (non-hydrogen) atoms. The van der Waals surface area contributed by atoms with Crippen molar-refractivity contribution in [3.63, 3.8) is 0 Å². The van der Waals surface area contributed by atoms with Gasteiger partial charge in [-0.05, 0) is 60.9 Å². The number of ether oxygens (including phenoxy) is 1. The third-order valence-corrected chi connectivity index (χ3v) is 6.92. The van der Waals surface area contributed by atoms with Gasteiger partial charge in [0.2, 0.25) is 0 Å². The number of benzene rings is 4. The molecular weight excluding hydrogens is 482 g/mol. The minimum absolute atomic E-state index is 0.0179. The van der Waals surface area contributed by atoms with Gasteiger partial charge in [0.25, 0.3) is 0 Å². The highest BCUT2D eigenvalue weighted by atomic mass is 19.1. The predicted octanol–water partition coefficient (Wildman–Crippen LogP) is 7.83. The predicted molar refractivity (Wildman–Crippen MR) is 143 cm³/mol. The summed E-state index contributed by atoms with van der Waals surface area (Å²) in [6.07, 6.45) is 2.50. The van der Waals surface area contributed by atoms with Gasteiger partial charge in [0.05, 0.1) is 0 Å². The maximum absolute atomic E-state index is 14.0. The van der Waals surface area contributed by atoms with Gasteiger partial charge >= 0.3 is 0 Å². The Morgan fingerprint density at radius 3 is 2.32 bits per heavy atom. The molecule has 4 aromatic rings. The molecule has 0 saturated heterocycles. The maximum atomic E-state index is 14.0. The van der Waals surface area contributed by atoms with Crippen LogP contribution in [0.15, 0.2) is 109 Å². The van der Waals surface area contributed by atoms with Crippen LogP contribution in [0.5, 0.6) is 5.75 Å². The number of para-hydroxylation sites is 1. The number of carbonyl (C=O) groups is 2. The standard InChI is InChI=1S/C33H26F2O3/c1-21(36)24-7-4-6-22(16-24)20-38-32-11-3-2-10-29(32)30-18-26(23-12-14-27(34)15-13-23)19-31(30)33(37)25-8-5-9-28(35)17-25/h2-17,19,26,30H,18,20H2,1H3. The first-order chi connectivity index (χ1) is 18.4. The molecule has 1 aliphatic carbocycles. The van der Waals surface area contributed by atoms with Crippen LogP contribution >= 0.6 is 0 Å². The highest BCUT2D eigenvalue weighted by molar-refractivity contribution is 6.10. The van der Waals surface area contributed by atoms with Crippen molar-refractivity contribution in [1.82, 2.24) is 0 Å². The molecule has 0 N–H and O–H groups in total. The number of allylic oxidation sites excluding steroid dienone is 2. The molecule has 0 radical (unpaired) electrons. The number of Topliss-reactive ketones (excluding diaryl/α,β-unsaturated/α-hetero) is 2. The van der Waals surface area contributed by atoms with Gasteiger partial charge in [0, 0.05) is 34.1 Å². The summed E-state index contributed by atoms with van der Waals surface area (Å²) in [6, 6.07) is 26.8. The monoisotopic (exact) mass is 508 g/mol. The zero-order valence-corrected chi connectivity index (χ0v) is 20.9. The van der Waals surface area contributed by atoms with E-state index in [0.29, 0.717) is 23.3 Å². The van der Waals surface area contributed by atoms with Gasteiger partial charge in [0.15, 0.2) is 11.6 Å². The summed E-state index contributed by atoms with van der Waals surface area (Å²) in [5, 5.41) is 0. The lowest BCUT2D eigenvalue weighted by Crippen LogP contribution is -2.11. The zero-order valence-electron chi connectivity index (χ0n) is 20.9. The van der Waals surface area contributed by atoms with Gasteiger partial charge in [-0.3, -0.25) is 9.59 Å². The Morgan fingerprint density at radius 2 is 1.55 bits per heavy atom. The number of carbonyl (C=O) groups excluding carboxylic acids is 2. The first-order valence-corrected chi connectivity index (χ1v) is 12.5. The minimum atomic E-state index is -0.474. The van der Waals surface area contributed by atoms with Gasteiger partial charge in [-0.15, -0.1) is 0 Å². The molecular formula is C33H26F2O3. The molecule has 5 heteroatoms. The number of ketones is 2. The van der Waals surface area contributed by atoms with Crippen LogP contribution in [0.3, 0.4) is 0 Å². The molecule has 1 aliphatic rings. The summed E-state index contributed by atoms with van der Waals surface area (Å²) in [4.78, 5) is 25.4. The molecule has 2 unspecified atom stereocenters. The summed E-state index contributed by atoms with van der Waals surface area (Å²) in [7, 11) is 0. The Balaban J connectivity index is 1.48. The van der Waals surface area contributed by atoms with Crippen molar-refractivity contribution in [2.75, 3.05) is 0 Å². The molecule has 0 amide bonds. The van der Waals surface area contributed by atoms with Crippen LogP contribution < -0.4 is 4.74 Å². The van der Waals surface area contributed by atoms with Crippen LogP contribution in [0.2, 0.25) is 0 Å². The van der Waals surface area contributed by atoms with E-state index in [9.17, 15) is 18.4 Å². The molecule has 0 spiro atoms. The average molecular weight is 509 g/mol. The number of rotatable bonds is 8. The van der Waals surface area contributed by atoms with Crippen LogP contribution in [0.4, 0.5) is 8.78 Å². The van der Waals surface area contributed by atoms with Crippen LogP contribution in [0.25, 0.3) is 0 Å². The lowest BCUT2D eigenvalue weighted by molar-refractivity contribution is 0.101. The van der Waals surface area contributed by atoms with Gasteiger partial charge in [-0.2, -0.15) is 0 Å². The van der Waals surface area contributed by atoms with Crippen molar-refractivity contribution in [1.29, 1.82) is 0 Å². The van der Waals surface area contributed by atoms with E-state index in [0.717, 1.165) is 16.7 Å². The fraction of sp³-hybridized carbons (Fsp3) is 0.152. The lowest BCUT2D eigenvalue weighted by Gasteiger charge is -2.20. The minimum Gasteiger partial charge on any atom is -0.489 e. The molecule has 0 heterocycles. The second kappa shape index (κ2) is 10.9. The molecule has 0 aliphatic heterocycles. The van der Waals surface area contributed by atoms with Gasteiger partial charge < -0.3 is 4.74 Å². The molecule has 3 nitrogen and oxygen atoms in total. The summed E-state index contributed by atoms with van der Waals surface area (Å²) >= 11 is 0. The van der Waals surface area contributed by atoms with Gasteiger partial charge in [-0.1, -0.05) is 66.7 Å². The van der Waals surface area contributed by atoms with E-state index >= 15 is 0 Å². The van der Waals surface area contributed by atoms with Crippen molar-refractivity contribution in [2.24, 2.45) is 0 Å². The molecule has 4 aromatic carbocycles. The zero-order chi connectivity index (χ0) is 26.6. The second-order valence-electron chi connectivity index (χ2n) is 9.49. The second-order valence-corrected chi connectivity index (χ2v) is 9.49. The quantitative estimate of drug-likeness (QED) is 0.228. The van der Waals surface area contributed by atoms with Crippen molar-refractivity contribution < 1.29 is 23.1 Å². The van der Waals surface area contributed by atoms with E-state index in [4.69, 9.17) is 4.74 Å². The SMILES string of the molecule is CC(=O)c1cccc(COc2ccccc2C2CC(c3ccc(F)cc3)C=C2C(=O)c2cccc(F)c2)c1. The average Bonchev–Trinajstić information content (AvgIpc) is 3.37. The number of hydrogen-bond acceptors (Lipinski definition) is 3. The van der Waals surface area contributed by atoms with Crippen molar-refractivity contribution in [3.8, 4) is 5.75 Å². The van der Waals surface area contributed by atoms with E-state index in [1.807, 2.05) is 48.5 Å². The Kier molecular flexibility index (Phi) is 7.27.